The summed E-state index contributed by atoms with van der Waals surface area (Å²) < 4.78 is 79.6. The Morgan fingerprint density at radius 2 is 1.77 bits per heavy atom. The van der Waals surface area contributed by atoms with Crippen LogP contribution in [0.3, 0.4) is 0 Å². The number of alkyl halides is 3. The van der Waals surface area contributed by atoms with Crippen molar-refractivity contribution in [2.75, 3.05) is 0 Å². The van der Waals surface area contributed by atoms with Crippen LogP contribution in [0.1, 0.15) is 21.7 Å². The first-order chi connectivity index (χ1) is 14.3. The molecule has 3 aromatic rings. The van der Waals surface area contributed by atoms with Crippen LogP contribution in [-0.4, -0.2) is 29.3 Å². The molecule has 0 saturated carbocycles. The quantitative estimate of drug-likeness (QED) is 0.547. The molecule has 0 aliphatic heterocycles. The lowest BCUT2D eigenvalue weighted by Crippen LogP contribution is -2.31. The molecule has 0 atom stereocenters. The van der Waals surface area contributed by atoms with E-state index in [-0.39, 0.29) is 16.4 Å². The number of nitrogens with one attached hydrogen (secondary N) is 1. The third-order valence-electron chi connectivity index (χ3n) is 4.02. The Hall–Kier alpha value is -2.70. The van der Waals surface area contributed by atoms with Crippen molar-refractivity contribution in [2.24, 2.45) is 0 Å². The highest BCUT2D eigenvalue weighted by molar-refractivity contribution is 7.90. The van der Waals surface area contributed by atoms with Crippen molar-refractivity contribution in [2.45, 2.75) is 18.0 Å². The maximum Gasteiger partial charge on any atom is 0.416 e. The summed E-state index contributed by atoms with van der Waals surface area (Å²) in [5, 5.41) is 6.70. The lowest BCUT2D eigenvalue weighted by molar-refractivity contribution is -0.137. The summed E-state index contributed by atoms with van der Waals surface area (Å²) in [6, 6.07) is 5.01. The van der Waals surface area contributed by atoms with Gasteiger partial charge < -0.3 is 0 Å². The largest absolute Gasteiger partial charge is 0.416 e. The monoisotopic (exact) mass is 496 g/mol. The molecule has 0 unspecified atom stereocenters. The van der Waals surface area contributed by atoms with Gasteiger partial charge in [-0.1, -0.05) is 28.4 Å². The summed E-state index contributed by atoms with van der Waals surface area (Å²) in [5.74, 6) is -1.89. The Bertz CT molecular complexity index is 1290. The first-order valence-corrected chi connectivity index (χ1v) is 10.4. The van der Waals surface area contributed by atoms with E-state index in [9.17, 15) is 30.8 Å². The highest BCUT2D eigenvalue weighted by Crippen LogP contribution is 2.33. The van der Waals surface area contributed by atoms with Gasteiger partial charge in [0.2, 0.25) is 0 Å². The van der Waals surface area contributed by atoms with Gasteiger partial charge in [0.05, 0.1) is 27.0 Å². The van der Waals surface area contributed by atoms with Crippen molar-refractivity contribution in [1.29, 1.82) is 0 Å². The average Bonchev–Trinajstić information content (AvgIpc) is 3.02. The second-order valence-electron chi connectivity index (χ2n) is 6.11. The van der Waals surface area contributed by atoms with E-state index in [4.69, 9.17) is 23.2 Å². The van der Waals surface area contributed by atoms with E-state index in [0.717, 1.165) is 22.9 Å². The molecule has 164 valence electrons. The van der Waals surface area contributed by atoms with Crippen molar-refractivity contribution >= 4 is 39.1 Å². The van der Waals surface area contributed by atoms with Crippen LogP contribution in [0.25, 0.3) is 5.69 Å². The molecule has 3 rings (SSSR count). The van der Waals surface area contributed by atoms with E-state index in [1.807, 2.05) is 0 Å². The maximum absolute atomic E-state index is 13.2. The smallest absolute Gasteiger partial charge is 0.266 e. The number of carbonyl (C=O) groups is 1. The van der Waals surface area contributed by atoms with Gasteiger partial charge in [0.25, 0.3) is 15.9 Å². The number of halogens is 6. The molecule has 1 aromatic heterocycles. The Labute approximate surface area is 182 Å². The molecule has 0 fully saturated rings. The predicted octanol–water partition coefficient (Wildman–Crippen LogP) is 4.16. The Morgan fingerprint density at radius 3 is 2.39 bits per heavy atom. The van der Waals surface area contributed by atoms with Gasteiger partial charge in [0.15, 0.2) is 5.69 Å². The van der Waals surface area contributed by atoms with E-state index in [2.05, 4.69) is 10.3 Å². The van der Waals surface area contributed by atoms with E-state index in [1.54, 1.807) is 4.72 Å². The molecular weight excluding hydrogens is 487 g/mol. The van der Waals surface area contributed by atoms with Crippen LogP contribution in [0, 0.1) is 12.7 Å². The number of hydrogen-bond donors (Lipinski definition) is 1. The zero-order valence-electron chi connectivity index (χ0n) is 15.2. The van der Waals surface area contributed by atoms with Gasteiger partial charge >= 0.3 is 6.18 Å². The molecule has 7 nitrogen and oxygen atoms in total. The Kier molecular flexibility index (Phi) is 6.00. The standard InChI is InChI=1S/C17H10Cl2F4N4O3S/c1-8-15(24-26-27(8)13-5-3-10(20)7-12(13)19)16(28)25-31(29,30)14-6-9(17(21,22)23)2-4-11(14)18/h2-7H,1H3,(H,25,28). The number of amides is 1. The van der Waals surface area contributed by atoms with E-state index in [0.29, 0.717) is 12.1 Å². The number of carbonyl (C=O) groups excluding carboxylic acids is 1. The van der Waals surface area contributed by atoms with Crippen LogP contribution in [0.5, 0.6) is 0 Å². The van der Waals surface area contributed by atoms with Gasteiger partial charge in [-0.2, -0.15) is 13.2 Å². The summed E-state index contributed by atoms with van der Waals surface area (Å²) in [4.78, 5) is 11.5. The van der Waals surface area contributed by atoms with Crippen molar-refractivity contribution < 1.29 is 30.8 Å². The van der Waals surface area contributed by atoms with Crippen molar-refractivity contribution in [3.05, 3.63) is 69.2 Å². The van der Waals surface area contributed by atoms with Crippen molar-refractivity contribution in [1.82, 2.24) is 19.7 Å². The molecule has 0 aliphatic carbocycles. The van der Waals surface area contributed by atoms with Crippen LogP contribution in [-0.2, 0) is 16.2 Å². The van der Waals surface area contributed by atoms with Crippen LogP contribution in [0.2, 0.25) is 10.0 Å². The van der Waals surface area contributed by atoms with Gasteiger partial charge in [0.1, 0.15) is 10.7 Å². The van der Waals surface area contributed by atoms with Gasteiger partial charge in [-0.3, -0.25) is 4.79 Å². The molecule has 0 spiro atoms. The van der Waals surface area contributed by atoms with Crippen molar-refractivity contribution in [3.63, 3.8) is 0 Å². The summed E-state index contributed by atoms with van der Waals surface area (Å²) in [6.07, 6.45) is -4.83. The lowest BCUT2D eigenvalue weighted by atomic mass is 10.2. The first kappa shape index (κ1) is 23.0. The van der Waals surface area contributed by atoms with Crippen LogP contribution < -0.4 is 4.72 Å². The minimum absolute atomic E-state index is 0.0383. The normalized spacial score (nSPS) is 12.1. The fourth-order valence-corrected chi connectivity index (χ4v) is 4.26. The third kappa shape index (κ3) is 4.65. The Morgan fingerprint density at radius 1 is 1.10 bits per heavy atom. The highest BCUT2D eigenvalue weighted by atomic mass is 35.5. The number of rotatable bonds is 4. The first-order valence-electron chi connectivity index (χ1n) is 8.13. The van der Waals surface area contributed by atoms with E-state index < -0.39 is 49.1 Å². The summed E-state index contributed by atoms with van der Waals surface area (Å²) in [7, 11) is -4.79. The molecular formula is C17H10Cl2F4N4O3S. The zero-order valence-corrected chi connectivity index (χ0v) is 17.5. The van der Waals surface area contributed by atoms with Gasteiger partial charge in [-0.05, 0) is 43.3 Å². The molecule has 1 heterocycles. The zero-order chi connectivity index (χ0) is 23.1. The summed E-state index contributed by atoms with van der Waals surface area (Å²) in [5.41, 5.74) is -1.52. The lowest BCUT2D eigenvalue weighted by Gasteiger charge is -2.11. The maximum atomic E-state index is 13.2. The molecule has 0 radical (unpaired) electrons. The fourth-order valence-electron chi connectivity index (χ4n) is 2.53. The number of hydrogen-bond acceptors (Lipinski definition) is 5. The third-order valence-corrected chi connectivity index (χ3v) is 6.14. The van der Waals surface area contributed by atoms with Crippen LogP contribution in [0.15, 0.2) is 41.3 Å². The minimum atomic E-state index is -4.83. The van der Waals surface area contributed by atoms with Gasteiger partial charge in [-0.15, -0.1) is 5.10 Å². The van der Waals surface area contributed by atoms with E-state index in [1.165, 1.54) is 13.0 Å². The average molecular weight is 497 g/mol. The number of sulfonamides is 1. The topological polar surface area (TPSA) is 93.9 Å². The van der Waals surface area contributed by atoms with Gasteiger partial charge in [0, 0.05) is 0 Å². The van der Waals surface area contributed by atoms with Gasteiger partial charge in [-0.25, -0.2) is 22.2 Å². The summed E-state index contributed by atoms with van der Waals surface area (Å²) >= 11 is 11.7. The number of aromatic nitrogens is 3. The molecule has 0 saturated heterocycles. The minimum Gasteiger partial charge on any atom is -0.266 e. The SMILES string of the molecule is Cc1c(C(=O)NS(=O)(=O)c2cc(C(F)(F)F)ccc2Cl)nnn1-c1ccc(F)cc1Cl. The fraction of sp³-hybridized carbons (Fsp3) is 0.118. The van der Waals surface area contributed by atoms with Crippen LogP contribution >= 0.6 is 23.2 Å². The summed E-state index contributed by atoms with van der Waals surface area (Å²) in [6.45, 7) is 1.36. The second kappa shape index (κ2) is 8.09. The predicted molar refractivity (Wildman–Crippen MR) is 102 cm³/mol. The number of benzene rings is 2. The van der Waals surface area contributed by atoms with Crippen LogP contribution in [0.4, 0.5) is 17.6 Å². The highest BCUT2D eigenvalue weighted by Gasteiger charge is 2.33. The molecule has 1 amide bonds. The molecule has 0 bridgehead atoms. The molecule has 1 N–H and O–H groups in total. The Balaban J connectivity index is 1.94. The molecule has 2 aromatic carbocycles. The second-order valence-corrected chi connectivity index (χ2v) is 8.57. The molecule has 31 heavy (non-hydrogen) atoms. The number of nitrogens with zero attached hydrogens (tertiary/aromatic N) is 3. The molecule has 0 aliphatic rings. The van der Waals surface area contributed by atoms with E-state index >= 15 is 0 Å². The van der Waals surface area contributed by atoms with Crippen molar-refractivity contribution in [3.8, 4) is 5.69 Å². The molecule has 14 heteroatoms.